The molecule has 4 nitrogen and oxygen atoms in total. The van der Waals surface area contributed by atoms with E-state index in [2.05, 4.69) is 49.5 Å². The number of fused-ring (bicyclic) bond motifs is 1. The van der Waals surface area contributed by atoms with E-state index in [0.717, 1.165) is 65.1 Å². The van der Waals surface area contributed by atoms with Crippen molar-refractivity contribution in [1.82, 2.24) is 9.88 Å². The topological polar surface area (TPSA) is 31.7 Å². The van der Waals surface area contributed by atoms with Crippen molar-refractivity contribution < 1.29 is 0 Å². The second-order valence-corrected chi connectivity index (χ2v) is 7.99. The van der Waals surface area contributed by atoms with Gasteiger partial charge >= 0.3 is 0 Å². The SMILES string of the molecule is CC=Nc1c(N2CCN(C)CC2)nc2ccc(Cl)cc2c1C.CCC(C)C. The second kappa shape index (κ2) is 10.0. The van der Waals surface area contributed by atoms with Gasteiger partial charge in [0.05, 0.1) is 5.52 Å². The molecule has 1 aromatic carbocycles. The Morgan fingerprint density at radius 1 is 1.22 bits per heavy atom. The number of piperazine rings is 1. The first-order chi connectivity index (χ1) is 12.9. The quantitative estimate of drug-likeness (QED) is 0.630. The number of nitrogens with zero attached hydrogens (tertiary/aromatic N) is 4. The molecule has 2 aromatic rings. The van der Waals surface area contributed by atoms with Crippen LogP contribution < -0.4 is 4.90 Å². The fourth-order valence-electron chi connectivity index (χ4n) is 2.89. The molecule has 2 heterocycles. The van der Waals surface area contributed by atoms with Crippen LogP contribution in [-0.4, -0.2) is 49.3 Å². The number of benzene rings is 1. The van der Waals surface area contributed by atoms with Gasteiger partial charge in [0.25, 0.3) is 0 Å². The summed E-state index contributed by atoms with van der Waals surface area (Å²) < 4.78 is 0. The van der Waals surface area contributed by atoms with Crippen LogP contribution >= 0.6 is 11.6 Å². The Balaban J connectivity index is 0.000000465. The largest absolute Gasteiger partial charge is 0.352 e. The molecule has 0 atom stereocenters. The van der Waals surface area contributed by atoms with Gasteiger partial charge in [-0.15, -0.1) is 0 Å². The molecule has 27 heavy (non-hydrogen) atoms. The van der Waals surface area contributed by atoms with Crippen molar-refractivity contribution in [3.63, 3.8) is 0 Å². The van der Waals surface area contributed by atoms with E-state index in [1.54, 1.807) is 0 Å². The highest BCUT2D eigenvalue weighted by Crippen LogP contribution is 2.36. The highest BCUT2D eigenvalue weighted by Gasteiger charge is 2.21. The minimum atomic E-state index is 0.733. The van der Waals surface area contributed by atoms with Gasteiger partial charge in [-0.1, -0.05) is 38.8 Å². The summed E-state index contributed by atoms with van der Waals surface area (Å²) in [6.07, 6.45) is 3.14. The van der Waals surface area contributed by atoms with Gasteiger partial charge in [0.1, 0.15) is 5.69 Å². The summed E-state index contributed by atoms with van der Waals surface area (Å²) in [7, 11) is 2.16. The van der Waals surface area contributed by atoms with Crippen LogP contribution in [0.3, 0.4) is 0 Å². The van der Waals surface area contributed by atoms with Gasteiger partial charge in [-0.2, -0.15) is 0 Å². The molecule has 3 rings (SSSR count). The summed E-state index contributed by atoms with van der Waals surface area (Å²) in [5.41, 5.74) is 3.08. The fourth-order valence-corrected chi connectivity index (χ4v) is 3.06. The first-order valence-electron chi connectivity index (χ1n) is 9.89. The molecule has 0 radical (unpaired) electrons. The van der Waals surface area contributed by atoms with Crippen molar-refractivity contribution in [2.24, 2.45) is 10.9 Å². The standard InChI is InChI=1S/C17H21ClN4.C5H12/c1-4-19-16-12(2)14-11-13(18)5-6-15(14)20-17(16)22-9-7-21(3)8-10-22;1-4-5(2)3/h4-6,11H,7-10H2,1-3H3;5H,4H2,1-3H3. The lowest BCUT2D eigenvalue weighted by Gasteiger charge is -2.34. The zero-order chi connectivity index (χ0) is 20.0. The molecule has 0 aliphatic carbocycles. The zero-order valence-electron chi connectivity index (χ0n) is 17.6. The van der Waals surface area contributed by atoms with E-state index in [-0.39, 0.29) is 0 Å². The van der Waals surface area contributed by atoms with Gasteiger partial charge in [-0.3, -0.25) is 4.99 Å². The number of aliphatic imine (C=N–C) groups is 1. The minimum Gasteiger partial charge on any atom is -0.352 e. The Morgan fingerprint density at radius 2 is 1.85 bits per heavy atom. The number of rotatable bonds is 3. The van der Waals surface area contributed by atoms with Crippen molar-refractivity contribution in [2.75, 3.05) is 38.1 Å². The molecule has 1 aliphatic heterocycles. The lowest BCUT2D eigenvalue weighted by atomic mass is 10.1. The van der Waals surface area contributed by atoms with Crippen LogP contribution in [-0.2, 0) is 0 Å². The van der Waals surface area contributed by atoms with E-state index in [0.29, 0.717) is 0 Å². The number of anilines is 1. The fraction of sp³-hybridized carbons (Fsp3) is 0.545. The molecule has 1 aromatic heterocycles. The summed E-state index contributed by atoms with van der Waals surface area (Å²) in [4.78, 5) is 14.2. The maximum atomic E-state index is 6.14. The van der Waals surface area contributed by atoms with Gasteiger partial charge < -0.3 is 9.80 Å². The Bertz CT molecular complexity index is 777. The summed E-state index contributed by atoms with van der Waals surface area (Å²) in [5.74, 6) is 1.87. The molecule has 148 valence electrons. The number of halogens is 1. The van der Waals surface area contributed by atoms with Crippen molar-refractivity contribution in [2.45, 2.75) is 41.0 Å². The first kappa shape index (κ1) is 21.6. The molecular formula is C22H33ClN4. The zero-order valence-corrected chi connectivity index (χ0v) is 18.3. The average molecular weight is 389 g/mol. The number of hydrogen-bond donors (Lipinski definition) is 0. The molecule has 1 fully saturated rings. The molecule has 0 bridgehead atoms. The number of hydrogen-bond acceptors (Lipinski definition) is 4. The van der Waals surface area contributed by atoms with Crippen LogP contribution in [0.1, 0.15) is 39.7 Å². The molecule has 0 unspecified atom stereocenters. The van der Waals surface area contributed by atoms with E-state index in [4.69, 9.17) is 16.6 Å². The maximum absolute atomic E-state index is 6.14. The number of aryl methyl sites for hydroxylation is 1. The monoisotopic (exact) mass is 388 g/mol. The van der Waals surface area contributed by atoms with Crippen molar-refractivity contribution in [1.29, 1.82) is 0 Å². The van der Waals surface area contributed by atoms with Gasteiger partial charge in [0.2, 0.25) is 0 Å². The van der Waals surface area contributed by atoms with Gasteiger partial charge in [0, 0.05) is 42.8 Å². The van der Waals surface area contributed by atoms with Crippen LogP contribution in [0, 0.1) is 12.8 Å². The lowest BCUT2D eigenvalue weighted by Crippen LogP contribution is -2.44. The smallest absolute Gasteiger partial charge is 0.155 e. The van der Waals surface area contributed by atoms with E-state index in [1.165, 1.54) is 6.42 Å². The summed E-state index contributed by atoms with van der Waals surface area (Å²) in [6, 6.07) is 5.86. The van der Waals surface area contributed by atoms with E-state index in [9.17, 15) is 0 Å². The number of likely N-dealkylation sites (N-methyl/N-ethyl adjacent to an activating group) is 1. The molecule has 0 saturated carbocycles. The van der Waals surface area contributed by atoms with Crippen LogP contribution in [0.4, 0.5) is 11.5 Å². The molecule has 0 amide bonds. The summed E-state index contributed by atoms with van der Waals surface area (Å²) in [5, 5.41) is 1.81. The third kappa shape index (κ3) is 5.66. The van der Waals surface area contributed by atoms with Crippen LogP contribution in [0.25, 0.3) is 10.9 Å². The van der Waals surface area contributed by atoms with E-state index in [1.807, 2.05) is 31.3 Å². The highest BCUT2D eigenvalue weighted by atomic mass is 35.5. The van der Waals surface area contributed by atoms with Crippen molar-refractivity contribution in [3.05, 3.63) is 28.8 Å². The summed E-state index contributed by atoms with van der Waals surface area (Å²) >= 11 is 6.14. The Hall–Kier alpha value is -1.65. The molecule has 0 N–H and O–H groups in total. The number of pyridine rings is 1. The lowest BCUT2D eigenvalue weighted by molar-refractivity contribution is 0.312. The minimum absolute atomic E-state index is 0.733. The Kier molecular flexibility index (Phi) is 8.06. The normalized spacial score (nSPS) is 15.5. The molecule has 1 aliphatic rings. The Labute approximate surface area is 169 Å². The van der Waals surface area contributed by atoms with E-state index >= 15 is 0 Å². The van der Waals surface area contributed by atoms with E-state index < -0.39 is 0 Å². The van der Waals surface area contributed by atoms with Gasteiger partial charge in [-0.25, -0.2) is 4.98 Å². The van der Waals surface area contributed by atoms with Crippen molar-refractivity contribution >= 4 is 40.2 Å². The Morgan fingerprint density at radius 3 is 2.41 bits per heavy atom. The first-order valence-corrected chi connectivity index (χ1v) is 10.3. The van der Waals surface area contributed by atoms with Crippen LogP contribution in [0.5, 0.6) is 0 Å². The molecular weight excluding hydrogens is 356 g/mol. The number of aromatic nitrogens is 1. The second-order valence-electron chi connectivity index (χ2n) is 7.55. The van der Waals surface area contributed by atoms with Crippen molar-refractivity contribution in [3.8, 4) is 0 Å². The van der Waals surface area contributed by atoms with Gasteiger partial charge in [-0.05, 0) is 50.6 Å². The maximum Gasteiger partial charge on any atom is 0.155 e. The predicted octanol–water partition coefficient (Wildman–Crippen LogP) is 5.72. The molecule has 1 saturated heterocycles. The highest BCUT2D eigenvalue weighted by molar-refractivity contribution is 6.31. The van der Waals surface area contributed by atoms with Crippen LogP contribution in [0.2, 0.25) is 5.02 Å². The summed E-state index contributed by atoms with van der Waals surface area (Å²) in [6.45, 7) is 14.7. The molecule has 0 spiro atoms. The average Bonchev–Trinajstić information content (AvgIpc) is 2.65. The molecule has 5 heteroatoms. The van der Waals surface area contributed by atoms with Crippen LogP contribution in [0.15, 0.2) is 23.2 Å². The third-order valence-corrected chi connectivity index (χ3v) is 5.27. The third-order valence-electron chi connectivity index (χ3n) is 5.03. The predicted molar refractivity (Wildman–Crippen MR) is 120 cm³/mol. The van der Waals surface area contributed by atoms with Gasteiger partial charge in [0.15, 0.2) is 5.82 Å².